The van der Waals surface area contributed by atoms with E-state index in [9.17, 15) is 18.0 Å². The van der Waals surface area contributed by atoms with Gasteiger partial charge in [-0.05, 0) is 11.8 Å². The minimum absolute atomic E-state index is 0.0872. The molecule has 1 aromatic rings. The highest BCUT2D eigenvalue weighted by Crippen LogP contribution is 2.29. The van der Waals surface area contributed by atoms with Gasteiger partial charge in [-0.1, -0.05) is 0 Å². The number of halogens is 3. The molecule has 1 aliphatic rings. The molecule has 0 unspecified atom stereocenters. The molecule has 1 aromatic heterocycles. The summed E-state index contributed by atoms with van der Waals surface area (Å²) in [6.45, 7) is 1.23. The van der Waals surface area contributed by atoms with E-state index in [-0.39, 0.29) is 36.5 Å². The Hall–Kier alpha value is -1.91. The van der Waals surface area contributed by atoms with E-state index in [0.717, 1.165) is 5.69 Å². The van der Waals surface area contributed by atoms with Crippen LogP contribution in [0.4, 0.5) is 18.9 Å². The number of aromatic nitrogens is 2. The van der Waals surface area contributed by atoms with E-state index in [4.69, 9.17) is 0 Å². The predicted molar refractivity (Wildman–Crippen MR) is 87.0 cm³/mol. The number of nitrogens with zero attached hydrogens (tertiary/aromatic N) is 5. The zero-order chi connectivity index (χ0) is 17.7. The average molecular weight is 364 g/mol. The predicted octanol–water partition coefficient (Wildman–Crippen LogP) is 0.897. The number of rotatable bonds is 4. The van der Waals surface area contributed by atoms with Crippen molar-refractivity contribution in [2.75, 3.05) is 43.9 Å². The number of amides is 1. The largest absolute Gasteiger partial charge is 0.441 e. The van der Waals surface area contributed by atoms with Crippen molar-refractivity contribution in [3.8, 4) is 0 Å². The number of guanidine groups is 1. The van der Waals surface area contributed by atoms with Crippen molar-refractivity contribution in [3.63, 3.8) is 0 Å². The second-order valence-electron chi connectivity index (χ2n) is 5.11. The van der Waals surface area contributed by atoms with Gasteiger partial charge in [0, 0.05) is 45.7 Å². The number of anilines is 1. The summed E-state index contributed by atoms with van der Waals surface area (Å²) in [5, 5.41) is 6.90. The van der Waals surface area contributed by atoms with Crippen LogP contribution in [0.15, 0.2) is 17.4 Å². The lowest BCUT2D eigenvalue weighted by Crippen LogP contribution is -2.55. The van der Waals surface area contributed by atoms with Gasteiger partial charge in [0.2, 0.25) is 5.91 Å². The molecule has 0 bridgehead atoms. The van der Waals surface area contributed by atoms with Crippen molar-refractivity contribution in [2.24, 2.45) is 12.0 Å². The summed E-state index contributed by atoms with van der Waals surface area (Å²) in [4.78, 5) is 19.7. The fraction of sp³-hybridized carbons (Fsp3) is 0.615. The van der Waals surface area contributed by atoms with Crippen LogP contribution in [0.25, 0.3) is 0 Å². The van der Waals surface area contributed by atoms with Crippen LogP contribution in [0.1, 0.15) is 0 Å². The van der Waals surface area contributed by atoms with Crippen LogP contribution < -0.4 is 10.2 Å². The molecule has 0 atom stereocenters. The van der Waals surface area contributed by atoms with E-state index in [1.165, 1.54) is 7.05 Å². The third-order valence-electron chi connectivity index (χ3n) is 3.39. The monoisotopic (exact) mass is 364 g/mol. The first kappa shape index (κ1) is 18.4. The molecule has 1 amide bonds. The zero-order valence-electron chi connectivity index (χ0n) is 13.4. The number of nitrogens with one attached hydrogen (secondary N) is 1. The lowest BCUT2D eigenvalue weighted by Gasteiger charge is -2.35. The molecule has 0 spiro atoms. The Morgan fingerprint density at radius 3 is 2.75 bits per heavy atom. The molecule has 0 aromatic carbocycles. The van der Waals surface area contributed by atoms with Gasteiger partial charge in [-0.15, -0.1) is 0 Å². The maximum atomic E-state index is 12.3. The highest BCUT2D eigenvalue weighted by molar-refractivity contribution is 8.00. The second kappa shape index (κ2) is 7.77. The summed E-state index contributed by atoms with van der Waals surface area (Å²) in [6.07, 6.45) is 3.38. The molecule has 1 N–H and O–H groups in total. The van der Waals surface area contributed by atoms with Crippen molar-refractivity contribution in [2.45, 2.75) is 5.51 Å². The first-order chi connectivity index (χ1) is 11.3. The first-order valence-electron chi connectivity index (χ1n) is 7.25. The fourth-order valence-electron chi connectivity index (χ4n) is 2.34. The number of alkyl halides is 3. The maximum absolute atomic E-state index is 12.3. The van der Waals surface area contributed by atoms with Gasteiger partial charge in [-0.2, -0.15) is 18.3 Å². The molecule has 1 aliphatic heterocycles. The number of carbonyl (C=O) groups excluding carboxylic acids is 1. The lowest BCUT2D eigenvalue weighted by atomic mass is 10.3. The van der Waals surface area contributed by atoms with Gasteiger partial charge in [0.05, 0.1) is 11.9 Å². The molecule has 0 saturated carbocycles. The topological polar surface area (TPSA) is 65.8 Å². The summed E-state index contributed by atoms with van der Waals surface area (Å²) in [6, 6.07) is 0. The highest BCUT2D eigenvalue weighted by atomic mass is 32.2. The standard InChI is InChI=1S/C13H19F3N6OS/c1-17-12(18-3-6-24-13(14,15)16)21-4-5-22(11(23)9-21)10-7-19-20(2)8-10/h7-8H,3-6,9H2,1-2H3,(H,17,18). The molecule has 1 saturated heterocycles. The number of piperazine rings is 1. The van der Waals surface area contributed by atoms with E-state index in [1.54, 1.807) is 33.9 Å². The molecule has 2 heterocycles. The van der Waals surface area contributed by atoms with Crippen molar-refractivity contribution in [1.29, 1.82) is 0 Å². The Bertz CT molecular complexity index is 603. The molecule has 0 aliphatic carbocycles. The molecule has 134 valence electrons. The minimum atomic E-state index is -4.24. The summed E-state index contributed by atoms with van der Waals surface area (Å²) in [5.74, 6) is 0.199. The van der Waals surface area contributed by atoms with Crippen molar-refractivity contribution in [3.05, 3.63) is 12.4 Å². The van der Waals surface area contributed by atoms with Gasteiger partial charge < -0.3 is 15.1 Å². The number of aryl methyl sites for hydroxylation is 1. The molecule has 11 heteroatoms. The Balaban J connectivity index is 1.85. The van der Waals surface area contributed by atoms with Crippen molar-refractivity contribution in [1.82, 2.24) is 20.0 Å². The van der Waals surface area contributed by atoms with Gasteiger partial charge in [0.25, 0.3) is 0 Å². The SMILES string of the molecule is CN=C(NCCSC(F)(F)F)N1CCN(c2cnn(C)c2)C(=O)C1. The van der Waals surface area contributed by atoms with Crippen LogP contribution in [0, 0.1) is 0 Å². The van der Waals surface area contributed by atoms with Crippen LogP contribution >= 0.6 is 11.8 Å². The van der Waals surface area contributed by atoms with Crippen LogP contribution in [0.3, 0.4) is 0 Å². The second-order valence-corrected chi connectivity index (χ2v) is 6.27. The van der Waals surface area contributed by atoms with E-state index >= 15 is 0 Å². The van der Waals surface area contributed by atoms with Crippen LogP contribution in [0.2, 0.25) is 0 Å². The van der Waals surface area contributed by atoms with Gasteiger partial charge in [-0.3, -0.25) is 14.5 Å². The van der Waals surface area contributed by atoms with Crippen LogP contribution in [-0.4, -0.2) is 71.0 Å². The van der Waals surface area contributed by atoms with Crippen LogP contribution in [-0.2, 0) is 11.8 Å². The van der Waals surface area contributed by atoms with Crippen LogP contribution in [0.5, 0.6) is 0 Å². The Morgan fingerprint density at radius 2 is 2.21 bits per heavy atom. The first-order valence-corrected chi connectivity index (χ1v) is 8.24. The minimum Gasteiger partial charge on any atom is -0.355 e. The number of aliphatic imine (C=N–C) groups is 1. The molecular formula is C13H19F3N6OS. The van der Waals surface area contributed by atoms with E-state index in [0.29, 0.717) is 19.0 Å². The summed E-state index contributed by atoms with van der Waals surface area (Å²) in [7, 11) is 3.31. The van der Waals surface area contributed by atoms with Gasteiger partial charge in [0.1, 0.15) is 6.54 Å². The Morgan fingerprint density at radius 1 is 1.46 bits per heavy atom. The maximum Gasteiger partial charge on any atom is 0.441 e. The van der Waals surface area contributed by atoms with Crippen molar-refractivity contribution >= 4 is 29.3 Å². The van der Waals surface area contributed by atoms with Crippen molar-refractivity contribution < 1.29 is 18.0 Å². The third kappa shape index (κ3) is 5.05. The number of carbonyl (C=O) groups is 1. The molecule has 24 heavy (non-hydrogen) atoms. The number of hydrogen-bond donors (Lipinski definition) is 1. The molecular weight excluding hydrogens is 345 g/mol. The van der Waals surface area contributed by atoms with Gasteiger partial charge >= 0.3 is 5.51 Å². The Kier molecular flexibility index (Phi) is 5.97. The van der Waals surface area contributed by atoms with E-state index in [1.807, 2.05) is 0 Å². The summed E-state index contributed by atoms with van der Waals surface area (Å²) < 4.78 is 38.0. The third-order valence-corrected chi connectivity index (χ3v) is 4.12. The fourth-order valence-corrected chi connectivity index (χ4v) is 2.77. The van der Waals surface area contributed by atoms with Gasteiger partial charge in [0.15, 0.2) is 5.96 Å². The highest BCUT2D eigenvalue weighted by Gasteiger charge is 2.29. The summed E-state index contributed by atoms with van der Waals surface area (Å²) in [5.41, 5.74) is -3.51. The van der Waals surface area contributed by atoms with E-state index in [2.05, 4.69) is 15.4 Å². The number of hydrogen-bond acceptors (Lipinski definition) is 4. The van der Waals surface area contributed by atoms with Gasteiger partial charge in [-0.25, -0.2) is 0 Å². The molecule has 0 radical (unpaired) electrons. The normalized spacial score (nSPS) is 16.7. The average Bonchev–Trinajstić information content (AvgIpc) is 2.92. The Labute approximate surface area is 141 Å². The molecule has 7 nitrogen and oxygen atoms in total. The number of thioether (sulfide) groups is 1. The quantitative estimate of drug-likeness (QED) is 0.489. The lowest BCUT2D eigenvalue weighted by molar-refractivity contribution is -0.120. The summed E-state index contributed by atoms with van der Waals surface area (Å²) >= 11 is -0.0872. The molecule has 2 rings (SSSR count). The molecule has 1 fully saturated rings. The zero-order valence-corrected chi connectivity index (χ0v) is 14.2. The van der Waals surface area contributed by atoms with E-state index < -0.39 is 5.51 Å². The smallest absolute Gasteiger partial charge is 0.355 e.